The highest BCUT2D eigenvalue weighted by Crippen LogP contribution is 2.35. The molecule has 0 aliphatic heterocycles. The molecular formula is C17H16BrNO4. The molecule has 2 aromatic carbocycles. The van der Waals surface area contributed by atoms with E-state index in [0.29, 0.717) is 10.0 Å². The largest absolute Gasteiger partial charge is 0.465 e. The zero-order valence-corrected chi connectivity index (χ0v) is 14.6. The molecule has 0 radical (unpaired) electrons. The number of nitro groups is 1. The van der Waals surface area contributed by atoms with Gasteiger partial charge in [0.1, 0.15) is 0 Å². The van der Waals surface area contributed by atoms with Crippen LogP contribution in [0.3, 0.4) is 0 Å². The van der Waals surface area contributed by atoms with Gasteiger partial charge in [-0.15, -0.1) is 0 Å². The molecule has 0 fully saturated rings. The number of nitro benzene ring substituents is 1. The zero-order chi connectivity index (χ0) is 17.2. The first-order valence-electron chi connectivity index (χ1n) is 6.90. The first-order valence-corrected chi connectivity index (χ1v) is 7.69. The third-order valence-electron chi connectivity index (χ3n) is 3.82. The van der Waals surface area contributed by atoms with Crippen LogP contribution in [0.25, 0.3) is 0 Å². The minimum absolute atomic E-state index is 0.0200. The Kier molecular flexibility index (Phi) is 4.85. The molecule has 0 atom stereocenters. The number of carbonyl (C=O) groups excluding carboxylic acids is 1. The highest BCUT2D eigenvalue weighted by Gasteiger charge is 2.26. The second-order valence-electron chi connectivity index (χ2n) is 5.65. The molecule has 0 N–H and O–H groups in total. The van der Waals surface area contributed by atoms with Gasteiger partial charge in [0.05, 0.1) is 17.6 Å². The molecule has 0 spiro atoms. The van der Waals surface area contributed by atoms with Crippen LogP contribution in [0, 0.1) is 10.1 Å². The summed E-state index contributed by atoms with van der Waals surface area (Å²) < 4.78 is 5.38. The van der Waals surface area contributed by atoms with Gasteiger partial charge in [-0.2, -0.15) is 0 Å². The van der Waals surface area contributed by atoms with Crippen LogP contribution in [0.5, 0.6) is 0 Å². The summed E-state index contributed by atoms with van der Waals surface area (Å²) in [5, 5.41) is 11.1. The van der Waals surface area contributed by atoms with Crippen molar-refractivity contribution in [1.29, 1.82) is 0 Å². The highest BCUT2D eigenvalue weighted by molar-refractivity contribution is 9.10. The number of methoxy groups -OCH3 is 1. The van der Waals surface area contributed by atoms with Crippen LogP contribution in [-0.4, -0.2) is 18.0 Å². The van der Waals surface area contributed by atoms with Crippen LogP contribution in [0.2, 0.25) is 0 Å². The van der Waals surface area contributed by atoms with E-state index in [1.54, 1.807) is 24.3 Å². The number of nitrogens with zero attached hydrogens (tertiary/aromatic N) is 1. The Labute approximate surface area is 142 Å². The van der Waals surface area contributed by atoms with E-state index in [4.69, 9.17) is 4.74 Å². The molecule has 2 aromatic rings. The van der Waals surface area contributed by atoms with E-state index in [2.05, 4.69) is 15.9 Å². The van der Waals surface area contributed by atoms with Gasteiger partial charge in [-0.25, -0.2) is 4.79 Å². The first kappa shape index (κ1) is 17.1. The quantitative estimate of drug-likeness (QED) is 0.447. The van der Waals surface area contributed by atoms with Crippen LogP contribution in [0.4, 0.5) is 5.69 Å². The van der Waals surface area contributed by atoms with Crippen LogP contribution < -0.4 is 0 Å². The summed E-state index contributed by atoms with van der Waals surface area (Å²) in [6.07, 6.45) is 0. The summed E-state index contributed by atoms with van der Waals surface area (Å²) in [7, 11) is 1.33. The van der Waals surface area contributed by atoms with E-state index in [0.717, 1.165) is 11.1 Å². The third-order valence-corrected chi connectivity index (χ3v) is 4.28. The second kappa shape index (κ2) is 6.50. The minimum Gasteiger partial charge on any atom is -0.465 e. The molecular weight excluding hydrogens is 362 g/mol. The topological polar surface area (TPSA) is 69.4 Å². The molecule has 0 unspecified atom stereocenters. The molecule has 0 aromatic heterocycles. The van der Waals surface area contributed by atoms with Gasteiger partial charge < -0.3 is 4.74 Å². The number of hydrogen-bond acceptors (Lipinski definition) is 4. The lowest BCUT2D eigenvalue weighted by atomic mass is 9.77. The average Bonchev–Trinajstić information content (AvgIpc) is 2.53. The Morgan fingerprint density at radius 1 is 1.17 bits per heavy atom. The molecule has 23 heavy (non-hydrogen) atoms. The molecule has 2 rings (SSSR count). The van der Waals surface area contributed by atoms with Gasteiger partial charge >= 0.3 is 5.97 Å². The normalized spacial score (nSPS) is 11.1. The number of esters is 1. The maximum Gasteiger partial charge on any atom is 0.337 e. The number of ether oxygens (including phenoxy) is 1. The molecule has 5 nitrogen and oxygen atoms in total. The average molecular weight is 378 g/mol. The van der Waals surface area contributed by atoms with E-state index in [-0.39, 0.29) is 5.69 Å². The van der Waals surface area contributed by atoms with Crippen molar-refractivity contribution in [3.05, 3.63) is 73.7 Å². The summed E-state index contributed by atoms with van der Waals surface area (Å²) in [6, 6.07) is 11.9. The van der Waals surface area contributed by atoms with Crippen molar-refractivity contribution < 1.29 is 14.5 Å². The molecule has 0 aliphatic rings. The SMILES string of the molecule is COC(=O)c1cccc(C(C)(C)c2cc(Br)cc([N+](=O)[O-])c2)c1. The van der Waals surface area contributed by atoms with Crippen molar-refractivity contribution in [1.82, 2.24) is 0 Å². The molecule has 0 aliphatic carbocycles. The first-order chi connectivity index (χ1) is 10.8. The fraction of sp³-hybridized carbons (Fsp3) is 0.235. The maximum absolute atomic E-state index is 11.7. The second-order valence-corrected chi connectivity index (χ2v) is 6.57. The lowest BCUT2D eigenvalue weighted by Crippen LogP contribution is -2.20. The minimum atomic E-state index is -0.515. The van der Waals surface area contributed by atoms with Gasteiger partial charge in [0.25, 0.3) is 5.69 Å². The van der Waals surface area contributed by atoms with Crippen LogP contribution in [0.15, 0.2) is 46.9 Å². The molecule has 0 amide bonds. The van der Waals surface area contributed by atoms with Crippen molar-refractivity contribution >= 4 is 27.6 Å². The fourth-order valence-corrected chi connectivity index (χ4v) is 2.84. The lowest BCUT2D eigenvalue weighted by molar-refractivity contribution is -0.385. The van der Waals surface area contributed by atoms with E-state index < -0.39 is 16.3 Å². The number of non-ortho nitro benzene ring substituents is 1. The molecule has 0 saturated heterocycles. The van der Waals surface area contributed by atoms with Gasteiger partial charge in [0.15, 0.2) is 0 Å². The van der Waals surface area contributed by atoms with E-state index in [1.807, 2.05) is 26.0 Å². The van der Waals surface area contributed by atoms with Crippen molar-refractivity contribution in [2.75, 3.05) is 7.11 Å². The van der Waals surface area contributed by atoms with Gasteiger partial charge in [-0.3, -0.25) is 10.1 Å². The maximum atomic E-state index is 11.7. The number of rotatable bonds is 4. The van der Waals surface area contributed by atoms with E-state index >= 15 is 0 Å². The monoisotopic (exact) mass is 377 g/mol. The molecule has 0 saturated carbocycles. The van der Waals surface area contributed by atoms with Crippen LogP contribution >= 0.6 is 15.9 Å². The van der Waals surface area contributed by atoms with Gasteiger partial charge in [-0.05, 0) is 29.3 Å². The highest BCUT2D eigenvalue weighted by atomic mass is 79.9. The Hall–Kier alpha value is -2.21. The Morgan fingerprint density at radius 3 is 2.48 bits per heavy atom. The Balaban J connectivity index is 2.54. The van der Waals surface area contributed by atoms with Crippen LogP contribution in [-0.2, 0) is 10.2 Å². The summed E-state index contributed by atoms with van der Waals surface area (Å²) >= 11 is 3.32. The van der Waals surface area contributed by atoms with Crippen molar-refractivity contribution in [2.45, 2.75) is 19.3 Å². The number of halogens is 1. The van der Waals surface area contributed by atoms with Gasteiger partial charge in [0.2, 0.25) is 0 Å². The van der Waals surface area contributed by atoms with Crippen LogP contribution in [0.1, 0.15) is 35.3 Å². The van der Waals surface area contributed by atoms with Crippen molar-refractivity contribution in [3.63, 3.8) is 0 Å². The summed E-state index contributed by atoms with van der Waals surface area (Å²) in [6.45, 7) is 3.91. The number of carbonyl (C=O) groups is 1. The summed E-state index contributed by atoms with van der Waals surface area (Å²) in [5.74, 6) is -0.414. The Bertz CT molecular complexity index is 771. The molecule has 6 heteroatoms. The fourth-order valence-electron chi connectivity index (χ4n) is 2.36. The molecule has 0 bridgehead atoms. The van der Waals surface area contributed by atoms with Gasteiger partial charge in [0, 0.05) is 22.0 Å². The predicted molar refractivity (Wildman–Crippen MR) is 90.7 cm³/mol. The van der Waals surface area contributed by atoms with E-state index in [1.165, 1.54) is 13.2 Å². The number of hydrogen-bond donors (Lipinski definition) is 0. The van der Waals surface area contributed by atoms with Crippen molar-refractivity contribution in [2.24, 2.45) is 0 Å². The van der Waals surface area contributed by atoms with Gasteiger partial charge in [-0.1, -0.05) is 41.9 Å². The zero-order valence-electron chi connectivity index (χ0n) is 13.0. The van der Waals surface area contributed by atoms with Crippen molar-refractivity contribution in [3.8, 4) is 0 Å². The predicted octanol–water partition coefficient (Wildman–Crippen LogP) is 4.47. The lowest BCUT2D eigenvalue weighted by Gasteiger charge is -2.26. The summed E-state index contributed by atoms with van der Waals surface area (Å²) in [4.78, 5) is 22.4. The summed E-state index contributed by atoms with van der Waals surface area (Å²) in [5.41, 5.74) is 1.60. The standard InChI is InChI=1S/C17H16BrNO4/c1-17(2,12-6-4-5-11(7-12)16(20)23-3)13-8-14(18)10-15(9-13)19(21)22/h4-10H,1-3H3. The molecule has 120 valence electrons. The Morgan fingerprint density at radius 2 is 1.87 bits per heavy atom. The van der Waals surface area contributed by atoms with E-state index in [9.17, 15) is 14.9 Å². The third kappa shape index (κ3) is 3.59. The number of benzene rings is 2. The smallest absolute Gasteiger partial charge is 0.337 e. The molecule has 0 heterocycles.